The standard InChI is InChI=1S/C18H20O2.C16H16O2/c1-14(2)13-20-18(16-11-7-4-8-12-16)17(19)15-9-5-3-6-10-15;1-2-18-16(14-11-7-4-8-12-14)15(17)13-9-5-3-6-10-13/h3-12,14,18H,13H2,1-2H3;3-12,16H,2H2,1H3. The normalized spacial score (nSPS) is 12.2. The van der Waals surface area contributed by atoms with E-state index in [2.05, 4.69) is 13.8 Å². The zero-order valence-electron chi connectivity index (χ0n) is 22.3. The molecule has 0 bridgehead atoms. The summed E-state index contributed by atoms with van der Waals surface area (Å²) in [6.45, 7) is 7.13. The van der Waals surface area contributed by atoms with Gasteiger partial charge in [0.05, 0.1) is 6.61 Å². The third-order valence-electron chi connectivity index (χ3n) is 5.73. The molecule has 0 fully saturated rings. The summed E-state index contributed by atoms with van der Waals surface area (Å²) in [6, 6.07) is 37.8. The van der Waals surface area contributed by atoms with Crippen LogP contribution in [0, 0.1) is 5.92 Å². The van der Waals surface area contributed by atoms with Gasteiger partial charge in [-0.1, -0.05) is 135 Å². The smallest absolute Gasteiger partial charge is 0.196 e. The van der Waals surface area contributed by atoms with Crippen molar-refractivity contribution in [1.29, 1.82) is 0 Å². The van der Waals surface area contributed by atoms with E-state index in [4.69, 9.17) is 9.47 Å². The third kappa shape index (κ3) is 8.62. The number of Topliss-reactive ketones (excluding diaryl/α,β-unsaturated/α-hetero) is 2. The van der Waals surface area contributed by atoms with E-state index in [0.29, 0.717) is 30.3 Å². The second-order valence-corrected chi connectivity index (χ2v) is 9.22. The molecule has 0 heterocycles. The van der Waals surface area contributed by atoms with Crippen molar-refractivity contribution < 1.29 is 19.1 Å². The number of benzene rings is 4. The Morgan fingerprint density at radius 3 is 1.24 bits per heavy atom. The van der Waals surface area contributed by atoms with Gasteiger partial charge in [0.1, 0.15) is 12.2 Å². The monoisotopic (exact) mass is 508 g/mol. The minimum Gasteiger partial charge on any atom is -0.366 e. The van der Waals surface area contributed by atoms with Gasteiger partial charge in [0, 0.05) is 17.7 Å². The molecular weight excluding hydrogens is 472 g/mol. The summed E-state index contributed by atoms with van der Waals surface area (Å²) in [4.78, 5) is 25.0. The second kappa shape index (κ2) is 15.4. The molecule has 0 saturated heterocycles. The first kappa shape index (κ1) is 28.7. The highest BCUT2D eigenvalue weighted by Crippen LogP contribution is 2.24. The molecule has 0 aromatic heterocycles. The Morgan fingerprint density at radius 1 is 0.553 bits per heavy atom. The molecule has 0 spiro atoms. The van der Waals surface area contributed by atoms with Crippen LogP contribution in [0.1, 0.15) is 64.8 Å². The highest BCUT2D eigenvalue weighted by atomic mass is 16.5. The Bertz CT molecular complexity index is 1220. The van der Waals surface area contributed by atoms with Crippen molar-refractivity contribution >= 4 is 11.6 Å². The molecule has 0 radical (unpaired) electrons. The van der Waals surface area contributed by atoms with Gasteiger partial charge in [-0.05, 0) is 24.0 Å². The number of carbonyl (C=O) groups is 2. The van der Waals surface area contributed by atoms with Gasteiger partial charge < -0.3 is 9.47 Å². The van der Waals surface area contributed by atoms with Crippen molar-refractivity contribution in [2.75, 3.05) is 13.2 Å². The summed E-state index contributed by atoms with van der Waals surface area (Å²) < 4.78 is 11.5. The van der Waals surface area contributed by atoms with Gasteiger partial charge in [-0.3, -0.25) is 9.59 Å². The number of rotatable bonds is 11. The summed E-state index contributed by atoms with van der Waals surface area (Å²) in [5.41, 5.74) is 3.17. The maximum Gasteiger partial charge on any atom is 0.196 e. The zero-order chi connectivity index (χ0) is 27.2. The summed E-state index contributed by atoms with van der Waals surface area (Å²) in [6.07, 6.45) is -1.04. The van der Waals surface area contributed by atoms with Crippen LogP contribution < -0.4 is 0 Å². The predicted molar refractivity (Wildman–Crippen MR) is 152 cm³/mol. The molecule has 196 valence electrons. The van der Waals surface area contributed by atoms with E-state index in [9.17, 15) is 9.59 Å². The minimum atomic E-state index is -0.527. The molecule has 0 amide bonds. The molecule has 4 aromatic carbocycles. The van der Waals surface area contributed by atoms with Gasteiger partial charge in [0.25, 0.3) is 0 Å². The fourth-order valence-corrected chi connectivity index (χ4v) is 3.87. The van der Waals surface area contributed by atoms with Crippen LogP contribution >= 0.6 is 0 Å². The number of hydrogen-bond acceptors (Lipinski definition) is 4. The Hall–Kier alpha value is -3.86. The maximum atomic E-state index is 12.6. The first-order valence-electron chi connectivity index (χ1n) is 13.0. The van der Waals surface area contributed by atoms with Crippen LogP contribution in [-0.4, -0.2) is 24.8 Å². The van der Waals surface area contributed by atoms with Crippen LogP contribution in [0.4, 0.5) is 0 Å². The quantitative estimate of drug-likeness (QED) is 0.193. The van der Waals surface area contributed by atoms with Gasteiger partial charge in [-0.15, -0.1) is 0 Å². The molecule has 38 heavy (non-hydrogen) atoms. The molecule has 4 heteroatoms. The van der Waals surface area contributed by atoms with Crippen LogP contribution in [0.2, 0.25) is 0 Å². The van der Waals surface area contributed by atoms with Crippen molar-refractivity contribution in [1.82, 2.24) is 0 Å². The Kier molecular flexibility index (Phi) is 11.6. The van der Waals surface area contributed by atoms with E-state index in [1.54, 1.807) is 0 Å². The topological polar surface area (TPSA) is 52.6 Å². The summed E-state index contributed by atoms with van der Waals surface area (Å²) in [7, 11) is 0. The van der Waals surface area contributed by atoms with Gasteiger partial charge in [-0.25, -0.2) is 0 Å². The van der Waals surface area contributed by atoms with Crippen LogP contribution in [0.25, 0.3) is 0 Å². The van der Waals surface area contributed by atoms with E-state index in [-0.39, 0.29) is 11.6 Å². The van der Waals surface area contributed by atoms with Crippen molar-refractivity contribution in [2.24, 2.45) is 5.92 Å². The molecule has 0 aliphatic heterocycles. The van der Waals surface area contributed by atoms with E-state index < -0.39 is 12.2 Å². The minimum absolute atomic E-state index is 0.00338. The lowest BCUT2D eigenvalue weighted by Gasteiger charge is -2.18. The highest BCUT2D eigenvalue weighted by molar-refractivity contribution is 6.00. The largest absolute Gasteiger partial charge is 0.366 e. The Balaban J connectivity index is 0.000000212. The number of carbonyl (C=O) groups excluding carboxylic acids is 2. The van der Waals surface area contributed by atoms with Crippen molar-refractivity contribution in [3.05, 3.63) is 144 Å². The Morgan fingerprint density at radius 2 is 0.895 bits per heavy atom. The first-order chi connectivity index (χ1) is 18.5. The van der Waals surface area contributed by atoms with Crippen LogP contribution in [0.5, 0.6) is 0 Å². The molecule has 4 rings (SSSR count). The lowest BCUT2D eigenvalue weighted by Crippen LogP contribution is -2.18. The summed E-state index contributed by atoms with van der Waals surface area (Å²) >= 11 is 0. The van der Waals surface area contributed by atoms with Crippen LogP contribution in [0.15, 0.2) is 121 Å². The van der Waals surface area contributed by atoms with Crippen molar-refractivity contribution in [3.63, 3.8) is 0 Å². The first-order valence-corrected chi connectivity index (χ1v) is 13.0. The lowest BCUT2D eigenvalue weighted by molar-refractivity contribution is 0.0308. The van der Waals surface area contributed by atoms with Gasteiger partial charge in [0.15, 0.2) is 11.6 Å². The molecule has 0 aliphatic carbocycles. The van der Waals surface area contributed by atoms with Crippen molar-refractivity contribution in [3.8, 4) is 0 Å². The molecule has 2 unspecified atom stereocenters. The molecule has 4 aromatic rings. The summed E-state index contributed by atoms with van der Waals surface area (Å²) in [5.74, 6) is 0.408. The predicted octanol–water partition coefficient (Wildman–Crippen LogP) is 7.93. The van der Waals surface area contributed by atoms with E-state index in [1.165, 1.54) is 0 Å². The van der Waals surface area contributed by atoms with E-state index in [1.807, 2.05) is 128 Å². The number of ether oxygens (including phenoxy) is 2. The zero-order valence-corrected chi connectivity index (χ0v) is 22.3. The van der Waals surface area contributed by atoms with Crippen molar-refractivity contribution in [2.45, 2.75) is 33.0 Å². The molecule has 0 aliphatic rings. The van der Waals surface area contributed by atoms with E-state index in [0.717, 1.165) is 11.1 Å². The Labute approximate surface area is 226 Å². The number of ketones is 2. The fourth-order valence-electron chi connectivity index (χ4n) is 3.87. The average molecular weight is 509 g/mol. The van der Waals surface area contributed by atoms with Gasteiger partial charge in [0.2, 0.25) is 0 Å². The fraction of sp³-hybridized carbons (Fsp3) is 0.235. The summed E-state index contributed by atoms with van der Waals surface area (Å²) in [5, 5.41) is 0. The molecule has 0 saturated carbocycles. The molecule has 2 atom stereocenters. The lowest BCUT2D eigenvalue weighted by atomic mass is 10.00. The molecular formula is C34H36O4. The van der Waals surface area contributed by atoms with Gasteiger partial charge in [-0.2, -0.15) is 0 Å². The molecule has 4 nitrogen and oxygen atoms in total. The third-order valence-corrected chi connectivity index (χ3v) is 5.73. The van der Waals surface area contributed by atoms with Crippen LogP contribution in [0.3, 0.4) is 0 Å². The van der Waals surface area contributed by atoms with Gasteiger partial charge >= 0.3 is 0 Å². The average Bonchev–Trinajstić information content (AvgIpc) is 2.97. The maximum absolute atomic E-state index is 12.6. The second-order valence-electron chi connectivity index (χ2n) is 9.22. The highest BCUT2D eigenvalue weighted by Gasteiger charge is 2.23. The SMILES string of the molecule is CC(C)COC(C(=O)c1ccccc1)c1ccccc1.CCOC(C(=O)c1ccccc1)c1ccccc1. The molecule has 0 N–H and O–H groups in total. The van der Waals surface area contributed by atoms with Crippen LogP contribution in [-0.2, 0) is 9.47 Å². The number of hydrogen-bond donors (Lipinski definition) is 0. The van der Waals surface area contributed by atoms with E-state index >= 15 is 0 Å².